The summed E-state index contributed by atoms with van der Waals surface area (Å²) in [6.07, 6.45) is 4.43. The Morgan fingerprint density at radius 3 is 2.00 bits per heavy atom. The van der Waals surface area contributed by atoms with Crippen molar-refractivity contribution in [2.75, 3.05) is 4.90 Å². The van der Waals surface area contributed by atoms with Crippen molar-refractivity contribution in [3.8, 4) is 22.3 Å². The summed E-state index contributed by atoms with van der Waals surface area (Å²) in [7, 11) is 0. The molecule has 0 saturated carbocycles. The van der Waals surface area contributed by atoms with E-state index in [1.165, 1.54) is 94.0 Å². The first-order chi connectivity index (χ1) is 27.5. The van der Waals surface area contributed by atoms with E-state index in [-0.39, 0.29) is 5.41 Å². The van der Waals surface area contributed by atoms with Crippen molar-refractivity contribution in [1.82, 2.24) is 0 Å². The van der Waals surface area contributed by atoms with E-state index >= 15 is 0 Å². The fourth-order valence-corrected chi connectivity index (χ4v) is 9.98. The first-order valence-corrected chi connectivity index (χ1v) is 19.8. The summed E-state index contributed by atoms with van der Waals surface area (Å²) in [6.45, 7) is 9.55. The number of fused-ring (bicyclic) bond motifs is 9. The van der Waals surface area contributed by atoms with Crippen molar-refractivity contribution >= 4 is 55.3 Å². The standard InChI is InChI=1S/C55H41N/c1-35-41-23-14-25-47(43-24-13-18-38-17-7-8-19-42(38)43)54(41)49-34-52(46-21-9-10-22-48(46)53(35)49)56(39-29-27-37(28-30-39)36-15-5-4-6-16-36)40-31-32-45-44-20-11-12-26-50(44)55(2,3)51(45)33-40/h4-13,15-24,26-34H,1,14,25H2,2-3H3. The third-order valence-corrected chi connectivity index (χ3v) is 12.6. The lowest BCUT2D eigenvalue weighted by molar-refractivity contribution is 0.660. The lowest BCUT2D eigenvalue weighted by atomic mass is 9.82. The zero-order chi connectivity index (χ0) is 37.5. The van der Waals surface area contributed by atoms with E-state index in [1.54, 1.807) is 0 Å². The molecule has 1 nitrogen and oxygen atoms in total. The molecule has 0 fully saturated rings. The minimum atomic E-state index is -0.123. The second-order valence-electron chi connectivity index (χ2n) is 16.0. The molecule has 0 spiro atoms. The molecule has 0 radical (unpaired) electrons. The van der Waals surface area contributed by atoms with Crippen LogP contribution in [0, 0.1) is 0 Å². The highest BCUT2D eigenvalue weighted by Crippen LogP contribution is 2.57. The number of nitrogens with zero attached hydrogens (tertiary/aromatic N) is 1. The molecule has 0 bridgehead atoms. The highest BCUT2D eigenvalue weighted by atomic mass is 15.1. The van der Waals surface area contributed by atoms with Crippen molar-refractivity contribution in [3.63, 3.8) is 0 Å². The molecule has 8 aromatic rings. The van der Waals surface area contributed by atoms with Gasteiger partial charge in [0.2, 0.25) is 0 Å². The van der Waals surface area contributed by atoms with Crippen molar-refractivity contribution in [1.29, 1.82) is 0 Å². The second-order valence-corrected chi connectivity index (χ2v) is 16.0. The van der Waals surface area contributed by atoms with Crippen LogP contribution < -0.4 is 4.90 Å². The van der Waals surface area contributed by atoms with E-state index < -0.39 is 0 Å². The summed E-state index contributed by atoms with van der Waals surface area (Å²) in [5, 5.41) is 5.04. The van der Waals surface area contributed by atoms with Gasteiger partial charge in [0.25, 0.3) is 0 Å². The average Bonchev–Trinajstić information content (AvgIpc) is 3.67. The summed E-state index contributed by atoms with van der Waals surface area (Å²) in [4.78, 5) is 2.50. The molecule has 3 aliphatic rings. The highest BCUT2D eigenvalue weighted by Gasteiger charge is 2.37. The predicted octanol–water partition coefficient (Wildman–Crippen LogP) is 15.1. The maximum atomic E-state index is 4.81. The lowest BCUT2D eigenvalue weighted by Crippen LogP contribution is -2.16. The van der Waals surface area contributed by atoms with Crippen LogP contribution in [-0.2, 0) is 5.41 Å². The number of hydrogen-bond donors (Lipinski definition) is 0. The number of benzene rings is 8. The van der Waals surface area contributed by atoms with Gasteiger partial charge in [0, 0.05) is 22.2 Å². The average molecular weight is 716 g/mol. The Bertz CT molecular complexity index is 2990. The molecule has 0 saturated heterocycles. The quantitative estimate of drug-likeness (QED) is 0.171. The highest BCUT2D eigenvalue weighted by molar-refractivity contribution is 6.23. The van der Waals surface area contributed by atoms with Gasteiger partial charge in [-0.2, -0.15) is 0 Å². The van der Waals surface area contributed by atoms with Gasteiger partial charge < -0.3 is 4.90 Å². The Kier molecular flexibility index (Phi) is 7.25. The minimum Gasteiger partial charge on any atom is -0.310 e. The van der Waals surface area contributed by atoms with Crippen molar-refractivity contribution in [2.24, 2.45) is 0 Å². The largest absolute Gasteiger partial charge is 0.310 e. The summed E-state index contributed by atoms with van der Waals surface area (Å²) in [6, 6.07) is 62.9. The van der Waals surface area contributed by atoms with Crippen LogP contribution in [0.3, 0.4) is 0 Å². The molecular formula is C55H41N. The maximum Gasteiger partial charge on any atom is 0.0546 e. The van der Waals surface area contributed by atoms with Gasteiger partial charge in [-0.1, -0.05) is 166 Å². The third-order valence-electron chi connectivity index (χ3n) is 12.6. The van der Waals surface area contributed by atoms with Crippen LogP contribution in [0.5, 0.6) is 0 Å². The summed E-state index contributed by atoms with van der Waals surface area (Å²) in [5.41, 5.74) is 20.2. The van der Waals surface area contributed by atoms with Crippen LogP contribution in [0.2, 0.25) is 0 Å². The first kappa shape index (κ1) is 32.7. The van der Waals surface area contributed by atoms with E-state index in [9.17, 15) is 0 Å². The molecule has 0 unspecified atom stereocenters. The van der Waals surface area contributed by atoms with Crippen molar-refractivity contribution < 1.29 is 0 Å². The number of allylic oxidation sites excluding steroid dienone is 5. The molecule has 0 atom stereocenters. The van der Waals surface area contributed by atoms with Gasteiger partial charge in [0.1, 0.15) is 0 Å². The van der Waals surface area contributed by atoms with E-state index in [4.69, 9.17) is 6.58 Å². The Balaban J connectivity index is 1.18. The van der Waals surface area contributed by atoms with E-state index in [2.05, 4.69) is 195 Å². The van der Waals surface area contributed by atoms with Gasteiger partial charge in [-0.25, -0.2) is 0 Å². The van der Waals surface area contributed by atoms with Crippen LogP contribution in [-0.4, -0.2) is 0 Å². The Hall–Kier alpha value is -6.70. The van der Waals surface area contributed by atoms with E-state index in [1.807, 2.05) is 0 Å². The smallest absolute Gasteiger partial charge is 0.0546 e. The normalized spacial score (nSPS) is 15.0. The molecule has 0 heterocycles. The zero-order valence-electron chi connectivity index (χ0n) is 31.8. The Morgan fingerprint density at radius 2 is 1.16 bits per heavy atom. The first-order valence-electron chi connectivity index (χ1n) is 19.8. The van der Waals surface area contributed by atoms with Crippen LogP contribution in [0.15, 0.2) is 188 Å². The summed E-state index contributed by atoms with van der Waals surface area (Å²) >= 11 is 0. The third kappa shape index (κ3) is 4.80. The Labute approximate surface area is 329 Å². The fraction of sp³-hybridized carbons (Fsp3) is 0.0909. The van der Waals surface area contributed by atoms with Gasteiger partial charge in [0.15, 0.2) is 0 Å². The van der Waals surface area contributed by atoms with E-state index in [0.29, 0.717) is 0 Å². The van der Waals surface area contributed by atoms with Gasteiger partial charge in [-0.15, -0.1) is 0 Å². The maximum absolute atomic E-state index is 4.81. The molecule has 8 aromatic carbocycles. The molecule has 266 valence electrons. The van der Waals surface area contributed by atoms with Crippen LogP contribution in [0.1, 0.15) is 54.5 Å². The number of hydrogen-bond acceptors (Lipinski definition) is 1. The minimum absolute atomic E-state index is 0.123. The Morgan fingerprint density at radius 1 is 0.518 bits per heavy atom. The van der Waals surface area contributed by atoms with Gasteiger partial charge in [0.05, 0.1) is 5.69 Å². The number of anilines is 3. The lowest BCUT2D eigenvalue weighted by Gasteiger charge is -2.30. The number of rotatable bonds is 5. The molecule has 0 N–H and O–H groups in total. The molecule has 0 aromatic heterocycles. The monoisotopic (exact) mass is 715 g/mol. The van der Waals surface area contributed by atoms with Crippen LogP contribution >= 0.6 is 0 Å². The molecule has 0 amide bonds. The van der Waals surface area contributed by atoms with Gasteiger partial charge >= 0.3 is 0 Å². The molecule has 1 heteroatoms. The summed E-state index contributed by atoms with van der Waals surface area (Å²) < 4.78 is 0. The SMILES string of the molecule is C=C1C2=CCCC(c3cccc4ccccc34)=C2c2cc(N(c3ccc(-c4ccccc4)cc3)c3ccc4c(c3)C(C)(C)c3ccccc3-4)c3ccccc3c21. The summed E-state index contributed by atoms with van der Waals surface area (Å²) in [5.74, 6) is 0. The second kappa shape index (κ2) is 12.4. The van der Waals surface area contributed by atoms with Crippen LogP contribution in [0.25, 0.3) is 60.5 Å². The van der Waals surface area contributed by atoms with Gasteiger partial charge in [-0.3, -0.25) is 0 Å². The fourth-order valence-electron chi connectivity index (χ4n) is 9.98. The molecule has 3 aliphatic carbocycles. The topological polar surface area (TPSA) is 3.24 Å². The van der Waals surface area contributed by atoms with Crippen molar-refractivity contribution in [2.45, 2.75) is 32.1 Å². The van der Waals surface area contributed by atoms with E-state index in [0.717, 1.165) is 29.8 Å². The molecule has 11 rings (SSSR count). The molecule has 0 aliphatic heterocycles. The predicted molar refractivity (Wildman–Crippen MR) is 239 cm³/mol. The van der Waals surface area contributed by atoms with Gasteiger partial charge in [-0.05, 0) is 132 Å². The van der Waals surface area contributed by atoms with Crippen molar-refractivity contribution in [3.05, 3.63) is 216 Å². The zero-order valence-corrected chi connectivity index (χ0v) is 31.8. The molecule has 56 heavy (non-hydrogen) atoms. The molecular weight excluding hydrogens is 675 g/mol. The van der Waals surface area contributed by atoms with Crippen LogP contribution in [0.4, 0.5) is 17.1 Å².